The van der Waals surface area contributed by atoms with Gasteiger partial charge in [0.15, 0.2) is 5.69 Å². The van der Waals surface area contributed by atoms with Crippen LogP contribution in [0.15, 0.2) is 30.3 Å². The monoisotopic (exact) mass is 381 g/mol. The number of amides is 1. The molecule has 2 aliphatic heterocycles. The Hall–Kier alpha value is -2.55. The molecule has 3 heterocycles. The number of rotatable bonds is 4. The topological polar surface area (TPSA) is 65.4 Å². The van der Waals surface area contributed by atoms with Crippen LogP contribution in [0.25, 0.3) is 0 Å². The zero-order valence-corrected chi connectivity index (χ0v) is 14.4. The number of hydrogen-bond donors (Lipinski definition) is 1. The summed E-state index contributed by atoms with van der Waals surface area (Å²) in [6.45, 7) is 1.91. The van der Waals surface area contributed by atoms with E-state index >= 15 is 0 Å². The van der Waals surface area contributed by atoms with Gasteiger partial charge in [0.2, 0.25) is 5.88 Å². The summed E-state index contributed by atoms with van der Waals surface area (Å²) in [7, 11) is 0. The second kappa shape index (κ2) is 6.56. The quantitative estimate of drug-likeness (QED) is 0.884. The van der Waals surface area contributed by atoms with Crippen LogP contribution in [0, 0.1) is 0 Å². The highest BCUT2D eigenvalue weighted by atomic mass is 19.4. The molecule has 0 unspecified atom stereocenters. The lowest BCUT2D eigenvalue weighted by Gasteiger charge is -2.28. The number of ether oxygens (including phenoxy) is 2. The van der Waals surface area contributed by atoms with E-state index in [0.717, 1.165) is 12.1 Å². The van der Waals surface area contributed by atoms with Crippen molar-refractivity contribution in [2.75, 3.05) is 19.8 Å². The summed E-state index contributed by atoms with van der Waals surface area (Å²) in [6, 6.07) is 6.57. The maximum absolute atomic E-state index is 12.7. The first-order valence-electron chi connectivity index (χ1n) is 8.62. The summed E-state index contributed by atoms with van der Waals surface area (Å²) in [5, 5.41) is 7.20. The zero-order chi connectivity index (χ0) is 19.1. The Morgan fingerprint density at radius 3 is 2.67 bits per heavy atom. The van der Waals surface area contributed by atoms with Crippen LogP contribution in [0.1, 0.15) is 28.0 Å². The van der Waals surface area contributed by atoms with E-state index < -0.39 is 17.3 Å². The molecule has 6 nitrogen and oxygen atoms in total. The van der Waals surface area contributed by atoms with Gasteiger partial charge in [-0.1, -0.05) is 12.1 Å². The number of nitrogens with zero attached hydrogens (tertiary/aromatic N) is 2. The average molecular weight is 381 g/mol. The van der Waals surface area contributed by atoms with Crippen LogP contribution in [0.2, 0.25) is 0 Å². The fourth-order valence-corrected chi connectivity index (χ4v) is 3.42. The van der Waals surface area contributed by atoms with Crippen molar-refractivity contribution in [2.45, 2.75) is 31.1 Å². The van der Waals surface area contributed by atoms with Crippen molar-refractivity contribution in [3.8, 4) is 5.88 Å². The zero-order valence-electron chi connectivity index (χ0n) is 14.4. The fourth-order valence-electron chi connectivity index (χ4n) is 3.42. The average Bonchev–Trinajstić information content (AvgIpc) is 3.30. The summed E-state index contributed by atoms with van der Waals surface area (Å²) in [6.07, 6.45) is -3.42. The molecule has 9 heteroatoms. The first-order valence-corrected chi connectivity index (χ1v) is 8.62. The number of carbonyl (C=O) groups is 1. The summed E-state index contributed by atoms with van der Waals surface area (Å²) < 4.78 is 50.6. The van der Waals surface area contributed by atoms with Gasteiger partial charge in [-0.3, -0.25) is 4.79 Å². The Labute approximate surface area is 153 Å². The van der Waals surface area contributed by atoms with Crippen LogP contribution in [0.4, 0.5) is 13.2 Å². The van der Waals surface area contributed by atoms with Crippen molar-refractivity contribution in [3.05, 3.63) is 47.2 Å². The third-order valence-corrected chi connectivity index (χ3v) is 4.83. The normalized spacial score (nSPS) is 21.7. The largest absolute Gasteiger partial charge is 0.476 e. The minimum absolute atomic E-state index is 0.253. The van der Waals surface area contributed by atoms with Gasteiger partial charge in [0, 0.05) is 12.7 Å². The van der Waals surface area contributed by atoms with Crippen LogP contribution >= 0.6 is 0 Å². The van der Waals surface area contributed by atoms with Crippen LogP contribution in [0.3, 0.4) is 0 Å². The molecular weight excluding hydrogens is 363 g/mol. The molecular formula is C18H18F3N3O3. The molecule has 2 aliphatic rings. The van der Waals surface area contributed by atoms with Crippen molar-refractivity contribution in [1.82, 2.24) is 15.1 Å². The van der Waals surface area contributed by atoms with Gasteiger partial charge in [0.05, 0.1) is 24.3 Å². The third kappa shape index (κ3) is 3.64. The van der Waals surface area contributed by atoms with Crippen molar-refractivity contribution in [3.63, 3.8) is 0 Å². The fraction of sp³-hybridized carbons (Fsp3) is 0.444. The minimum atomic E-state index is -4.37. The lowest BCUT2D eigenvalue weighted by Crippen LogP contribution is -2.51. The summed E-state index contributed by atoms with van der Waals surface area (Å²) in [4.78, 5) is 12.6. The summed E-state index contributed by atoms with van der Waals surface area (Å²) >= 11 is 0. The molecule has 1 N–H and O–H groups in total. The van der Waals surface area contributed by atoms with Crippen molar-refractivity contribution in [1.29, 1.82) is 0 Å². The van der Waals surface area contributed by atoms with E-state index in [1.165, 1.54) is 12.1 Å². The molecule has 144 valence electrons. The Morgan fingerprint density at radius 1 is 1.26 bits per heavy atom. The van der Waals surface area contributed by atoms with E-state index in [4.69, 9.17) is 9.47 Å². The number of nitrogens with one attached hydrogen (secondary N) is 1. The molecule has 2 aromatic rings. The van der Waals surface area contributed by atoms with E-state index in [1.54, 1.807) is 10.7 Å². The number of fused-ring (bicyclic) bond motifs is 1. The smallest absolute Gasteiger partial charge is 0.416 e. The van der Waals surface area contributed by atoms with Gasteiger partial charge < -0.3 is 14.8 Å². The second-order valence-corrected chi connectivity index (χ2v) is 6.85. The van der Waals surface area contributed by atoms with E-state index in [1.807, 2.05) is 0 Å². The molecule has 1 aromatic carbocycles. The van der Waals surface area contributed by atoms with Crippen LogP contribution < -0.4 is 10.1 Å². The molecule has 4 rings (SSSR count). The van der Waals surface area contributed by atoms with Gasteiger partial charge in [-0.05, 0) is 30.5 Å². The van der Waals surface area contributed by atoms with Gasteiger partial charge in [-0.25, -0.2) is 4.68 Å². The SMILES string of the molecule is O=C(N[C@]1(Cc2ccc(C(F)(F)F)cc2)CCOC1)c1cc2n(n1)CCO2. The van der Waals surface area contributed by atoms with E-state index in [9.17, 15) is 18.0 Å². The molecule has 27 heavy (non-hydrogen) atoms. The molecule has 0 aliphatic carbocycles. The number of benzene rings is 1. The predicted octanol–water partition coefficient (Wildman–Crippen LogP) is 2.43. The van der Waals surface area contributed by atoms with Crippen LogP contribution in [0.5, 0.6) is 5.88 Å². The van der Waals surface area contributed by atoms with Gasteiger partial charge in [-0.2, -0.15) is 18.3 Å². The van der Waals surface area contributed by atoms with Gasteiger partial charge in [-0.15, -0.1) is 0 Å². The first-order chi connectivity index (χ1) is 12.8. The second-order valence-electron chi connectivity index (χ2n) is 6.85. The highest BCUT2D eigenvalue weighted by Gasteiger charge is 2.38. The Morgan fingerprint density at radius 2 is 2.04 bits per heavy atom. The highest BCUT2D eigenvalue weighted by molar-refractivity contribution is 5.93. The lowest BCUT2D eigenvalue weighted by molar-refractivity contribution is -0.137. The van der Waals surface area contributed by atoms with Gasteiger partial charge in [0.25, 0.3) is 5.91 Å². The molecule has 1 amide bonds. The Kier molecular flexibility index (Phi) is 4.33. The van der Waals surface area contributed by atoms with Crippen molar-refractivity contribution < 1.29 is 27.4 Å². The highest BCUT2D eigenvalue weighted by Crippen LogP contribution is 2.31. The van der Waals surface area contributed by atoms with E-state index in [2.05, 4.69) is 10.4 Å². The van der Waals surface area contributed by atoms with Gasteiger partial charge in [0.1, 0.15) is 6.61 Å². The summed E-state index contributed by atoms with van der Waals surface area (Å²) in [5.41, 5.74) is -0.418. The third-order valence-electron chi connectivity index (χ3n) is 4.83. The maximum Gasteiger partial charge on any atom is 0.416 e. The number of hydrogen-bond acceptors (Lipinski definition) is 4. The maximum atomic E-state index is 12.7. The van der Waals surface area contributed by atoms with E-state index in [0.29, 0.717) is 50.7 Å². The molecule has 1 saturated heterocycles. The van der Waals surface area contributed by atoms with Crippen molar-refractivity contribution >= 4 is 5.91 Å². The standard InChI is InChI=1S/C18H18F3N3O3/c19-18(20,21)13-3-1-12(2-4-13)10-17(5-7-26-11-17)22-16(25)14-9-15-24(23-14)6-8-27-15/h1-4,9H,5-8,10-11H2,(H,22,25)/t17-/m0/s1. The Balaban J connectivity index is 1.50. The molecule has 1 fully saturated rings. The number of halogens is 3. The van der Waals surface area contributed by atoms with E-state index in [-0.39, 0.29) is 11.6 Å². The molecule has 1 atom stereocenters. The van der Waals surface area contributed by atoms with Gasteiger partial charge >= 0.3 is 6.18 Å². The lowest BCUT2D eigenvalue weighted by atomic mass is 9.89. The molecule has 0 spiro atoms. The number of alkyl halides is 3. The first kappa shape index (κ1) is 17.8. The summed E-state index contributed by atoms with van der Waals surface area (Å²) in [5.74, 6) is 0.206. The molecule has 1 aromatic heterocycles. The van der Waals surface area contributed by atoms with Crippen molar-refractivity contribution in [2.24, 2.45) is 0 Å². The molecule has 0 bridgehead atoms. The van der Waals surface area contributed by atoms with Crippen LogP contribution in [-0.2, 0) is 23.9 Å². The van der Waals surface area contributed by atoms with Crippen LogP contribution in [-0.4, -0.2) is 41.0 Å². The minimum Gasteiger partial charge on any atom is -0.476 e. The number of aromatic nitrogens is 2. The predicted molar refractivity (Wildman–Crippen MR) is 88.5 cm³/mol. The Bertz CT molecular complexity index is 818. The number of carbonyl (C=O) groups excluding carboxylic acids is 1. The molecule has 0 saturated carbocycles. The molecule has 0 radical (unpaired) electrons.